The molecule has 0 saturated heterocycles. The summed E-state index contributed by atoms with van der Waals surface area (Å²) >= 11 is 0. The number of carboxylic acid groups (broad SMARTS) is 1. The standard InChI is InChI=1S/C20H30O2/c1-13-11-20-10-7-15-18(2,16(20)6-5-14(13)12-20)8-4-9-19(15,3)17(21)22/h14-16H,1,4-12H2,2-3H3,(H,21,22)/t14-,15+,16+,18-,19-,20-/m0/s1. The number of allylic oxidation sites excluding steroid dienone is 1. The molecule has 4 aliphatic rings. The van der Waals surface area contributed by atoms with Crippen molar-refractivity contribution in [2.24, 2.45) is 34.0 Å². The third kappa shape index (κ3) is 1.65. The summed E-state index contributed by atoms with van der Waals surface area (Å²) in [5.74, 6) is 1.32. The van der Waals surface area contributed by atoms with Crippen LogP contribution < -0.4 is 0 Å². The van der Waals surface area contributed by atoms with Gasteiger partial charge in [-0.15, -0.1) is 0 Å². The highest BCUT2D eigenvalue weighted by Crippen LogP contribution is 2.72. The topological polar surface area (TPSA) is 37.3 Å². The fraction of sp³-hybridized carbons (Fsp3) is 0.850. The number of aliphatic carboxylic acids is 1. The molecule has 22 heavy (non-hydrogen) atoms. The first-order valence-corrected chi connectivity index (χ1v) is 9.23. The molecule has 4 fully saturated rings. The van der Waals surface area contributed by atoms with E-state index < -0.39 is 11.4 Å². The number of rotatable bonds is 1. The maximum Gasteiger partial charge on any atom is 0.309 e. The Labute approximate surface area is 134 Å². The van der Waals surface area contributed by atoms with Crippen molar-refractivity contribution in [1.29, 1.82) is 0 Å². The Morgan fingerprint density at radius 3 is 2.64 bits per heavy atom. The Hall–Kier alpha value is -0.790. The zero-order chi connectivity index (χ0) is 15.8. The number of carboxylic acids is 1. The Morgan fingerprint density at radius 1 is 1.14 bits per heavy atom. The molecule has 2 heteroatoms. The SMILES string of the molecule is C=C1C[C@]23CC[C@@H]4[C@](C)(CCC[C@]4(C)C(=O)O)[C@H]2CC[C@H]1C3. The van der Waals surface area contributed by atoms with Crippen molar-refractivity contribution in [2.45, 2.75) is 71.6 Å². The van der Waals surface area contributed by atoms with Crippen LogP contribution in [-0.4, -0.2) is 11.1 Å². The molecule has 0 aromatic rings. The number of hydrogen-bond donors (Lipinski definition) is 1. The summed E-state index contributed by atoms with van der Waals surface area (Å²) in [5, 5.41) is 9.90. The van der Waals surface area contributed by atoms with Gasteiger partial charge >= 0.3 is 5.97 Å². The molecule has 4 aliphatic carbocycles. The number of hydrogen-bond acceptors (Lipinski definition) is 1. The molecular formula is C20H30O2. The van der Waals surface area contributed by atoms with Gasteiger partial charge in [-0.25, -0.2) is 0 Å². The second kappa shape index (κ2) is 4.39. The molecule has 0 radical (unpaired) electrons. The molecule has 4 rings (SSSR count). The van der Waals surface area contributed by atoms with Crippen LogP contribution in [0, 0.1) is 34.0 Å². The van der Waals surface area contributed by atoms with Crippen molar-refractivity contribution in [3.63, 3.8) is 0 Å². The number of carbonyl (C=O) groups is 1. The summed E-state index contributed by atoms with van der Waals surface area (Å²) in [6, 6.07) is 0. The van der Waals surface area contributed by atoms with E-state index in [1.165, 1.54) is 44.1 Å². The molecule has 2 nitrogen and oxygen atoms in total. The van der Waals surface area contributed by atoms with Crippen LogP contribution in [0.25, 0.3) is 0 Å². The molecule has 0 amide bonds. The fourth-order valence-corrected chi connectivity index (χ4v) is 7.61. The highest BCUT2D eigenvalue weighted by atomic mass is 16.4. The first-order valence-electron chi connectivity index (χ1n) is 9.23. The van der Waals surface area contributed by atoms with Crippen LogP contribution in [0.5, 0.6) is 0 Å². The van der Waals surface area contributed by atoms with Gasteiger partial charge in [-0.3, -0.25) is 4.79 Å². The molecule has 0 unspecified atom stereocenters. The molecular weight excluding hydrogens is 272 g/mol. The Morgan fingerprint density at radius 2 is 1.91 bits per heavy atom. The molecule has 1 N–H and O–H groups in total. The van der Waals surface area contributed by atoms with Crippen molar-refractivity contribution in [2.75, 3.05) is 0 Å². The highest BCUT2D eigenvalue weighted by Gasteiger charge is 2.64. The van der Waals surface area contributed by atoms with Gasteiger partial charge in [-0.1, -0.05) is 25.5 Å². The Balaban J connectivity index is 1.75. The summed E-state index contributed by atoms with van der Waals surface area (Å²) < 4.78 is 0. The lowest BCUT2D eigenvalue weighted by Crippen LogP contribution is -2.58. The van der Waals surface area contributed by atoms with Crippen molar-refractivity contribution in [1.82, 2.24) is 0 Å². The third-order valence-electron chi connectivity index (χ3n) is 8.54. The van der Waals surface area contributed by atoms with E-state index in [2.05, 4.69) is 13.5 Å². The lowest BCUT2D eigenvalue weighted by molar-refractivity contribution is -0.181. The largest absolute Gasteiger partial charge is 0.481 e. The van der Waals surface area contributed by atoms with Gasteiger partial charge in [0, 0.05) is 0 Å². The Kier molecular flexibility index (Phi) is 2.95. The molecule has 2 bridgehead atoms. The molecule has 0 aromatic carbocycles. The molecule has 0 aromatic heterocycles. The minimum Gasteiger partial charge on any atom is -0.481 e. The molecule has 122 valence electrons. The minimum absolute atomic E-state index is 0.235. The lowest BCUT2D eigenvalue weighted by atomic mass is 9.41. The molecule has 0 aliphatic heterocycles. The summed E-state index contributed by atoms with van der Waals surface area (Å²) in [7, 11) is 0. The van der Waals surface area contributed by atoms with E-state index in [1.807, 2.05) is 6.92 Å². The van der Waals surface area contributed by atoms with Crippen molar-refractivity contribution >= 4 is 5.97 Å². The van der Waals surface area contributed by atoms with Gasteiger partial charge in [0.1, 0.15) is 0 Å². The molecule has 6 atom stereocenters. The predicted molar refractivity (Wildman–Crippen MR) is 87.4 cm³/mol. The van der Waals surface area contributed by atoms with Crippen LogP contribution in [0.2, 0.25) is 0 Å². The molecule has 0 heterocycles. The zero-order valence-electron chi connectivity index (χ0n) is 14.2. The average molecular weight is 302 g/mol. The van der Waals surface area contributed by atoms with Crippen molar-refractivity contribution in [3.05, 3.63) is 12.2 Å². The van der Waals surface area contributed by atoms with Gasteiger partial charge in [0.15, 0.2) is 0 Å². The maximum atomic E-state index is 12.0. The van der Waals surface area contributed by atoms with E-state index in [-0.39, 0.29) is 5.41 Å². The van der Waals surface area contributed by atoms with Crippen molar-refractivity contribution in [3.8, 4) is 0 Å². The predicted octanol–water partition coefficient (Wildman–Crippen LogP) is 5.04. The number of fused-ring (bicyclic) bond motifs is 3. The summed E-state index contributed by atoms with van der Waals surface area (Å²) in [4.78, 5) is 12.0. The normalized spacial score (nSPS) is 53.7. The zero-order valence-corrected chi connectivity index (χ0v) is 14.2. The minimum atomic E-state index is -0.552. The van der Waals surface area contributed by atoms with Gasteiger partial charge in [-0.2, -0.15) is 0 Å². The van der Waals surface area contributed by atoms with Gasteiger partial charge in [0.25, 0.3) is 0 Å². The van der Waals surface area contributed by atoms with E-state index >= 15 is 0 Å². The fourth-order valence-electron chi connectivity index (χ4n) is 7.61. The van der Waals surface area contributed by atoms with Gasteiger partial charge < -0.3 is 5.11 Å². The molecule has 1 spiro atoms. The summed E-state index contributed by atoms with van der Waals surface area (Å²) in [6.07, 6.45) is 10.8. The maximum absolute atomic E-state index is 12.0. The van der Waals surface area contributed by atoms with Crippen LogP contribution >= 0.6 is 0 Å². The van der Waals surface area contributed by atoms with Crippen LogP contribution in [0.3, 0.4) is 0 Å². The highest BCUT2D eigenvalue weighted by molar-refractivity contribution is 5.75. The molecule has 4 saturated carbocycles. The van der Waals surface area contributed by atoms with E-state index in [4.69, 9.17) is 0 Å². The quantitative estimate of drug-likeness (QED) is 0.689. The van der Waals surface area contributed by atoms with Crippen LogP contribution in [-0.2, 0) is 4.79 Å². The monoisotopic (exact) mass is 302 g/mol. The van der Waals surface area contributed by atoms with E-state index in [1.54, 1.807) is 0 Å². The summed E-state index contributed by atoms with van der Waals surface area (Å²) in [5.41, 5.74) is 1.71. The summed E-state index contributed by atoms with van der Waals surface area (Å²) in [6.45, 7) is 8.86. The van der Waals surface area contributed by atoms with Crippen LogP contribution in [0.4, 0.5) is 0 Å². The van der Waals surface area contributed by atoms with Gasteiger partial charge in [0.05, 0.1) is 5.41 Å². The second-order valence-corrected chi connectivity index (χ2v) is 9.40. The smallest absolute Gasteiger partial charge is 0.309 e. The lowest BCUT2D eigenvalue weighted by Gasteiger charge is -2.63. The van der Waals surface area contributed by atoms with E-state index in [0.717, 1.165) is 31.1 Å². The van der Waals surface area contributed by atoms with E-state index in [0.29, 0.717) is 11.3 Å². The van der Waals surface area contributed by atoms with E-state index in [9.17, 15) is 9.90 Å². The van der Waals surface area contributed by atoms with Gasteiger partial charge in [0.2, 0.25) is 0 Å². The Bertz CT molecular complexity index is 538. The van der Waals surface area contributed by atoms with Crippen molar-refractivity contribution < 1.29 is 9.90 Å². The second-order valence-electron chi connectivity index (χ2n) is 9.40. The third-order valence-corrected chi connectivity index (χ3v) is 8.54. The first-order chi connectivity index (χ1) is 10.3. The van der Waals surface area contributed by atoms with Crippen LogP contribution in [0.1, 0.15) is 71.6 Å². The van der Waals surface area contributed by atoms with Gasteiger partial charge in [-0.05, 0) is 86.9 Å². The first kappa shape index (κ1) is 14.8. The van der Waals surface area contributed by atoms with Crippen LogP contribution in [0.15, 0.2) is 12.2 Å². The average Bonchev–Trinajstić information content (AvgIpc) is 2.68.